The van der Waals surface area contributed by atoms with Crippen LogP contribution in [0.4, 0.5) is 4.39 Å². The second kappa shape index (κ2) is 2.59. The van der Waals surface area contributed by atoms with Crippen molar-refractivity contribution in [1.82, 2.24) is 9.97 Å². The zero-order valence-electron chi connectivity index (χ0n) is 6.69. The molecule has 0 spiro atoms. The van der Waals surface area contributed by atoms with Gasteiger partial charge in [0.25, 0.3) is 0 Å². The van der Waals surface area contributed by atoms with Gasteiger partial charge in [0.05, 0.1) is 5.52 Å². The summed E-state index contributed by atoms with van der Waals surface area (Å²) in [5.74, 6) is 0.423. The number of hydrogen-bond acceptors (Lipinski definition) is 1. The third-order valence-electron chi connectivity index (χ3n) is 1.78. The molecule has 0 aliphatic heterocycles. The highest BCUT2D eigenvalue weighted by atomic mass is 19.1. The Morgan fingerprint density at radius 3 is 3.17 bits per heavy atom. The van der Waals surface area contributed by atoms with Crippen LogP contribution in [0.3, 0.4) is 0 Å². The van der Waals surface area contributed by atoms with Crippen LogP contribution in [0, 0.1) is 11.9 Å². The number of rotatable bonds is 1. The van der Waals surface area contributed by atoms with Gasteiger partial charge in [-0.3, -0.25) is 0 Å². The molecule has 3 heteroatoms. The number of imidazole rings is 1. The summed E-state index contributed by atoms with van der Waals surface area (Å²) in [6.45, 7) is 1.97. The first-order chi connectivity index (χ1) is 5.81. The highest BCUT2D eigenvalue weighted by Gasteiger charge is 2.04. The van der Waals surface area contributed by atoms with Gasteiger partial charge in [-0.2, -0.15) is 0 Å². The number of H-pyrrole nitrogens is 1. The molecule has 2 rings (SSSR count). The van der Waals surface area contributed by atoms with E-state index in [1.807, 2.05) is 6.92 Å². The molecule has 0 saturated heterocycles. The van der Waals surface area contributed by atoms with Gasteiger partial charge in [-0.25, -0.2) is 9.37 Å². The van der Waals surface area contributed by atoms with E-state index >= 15 is 0 Å². The summed E-state index contributed by atoms with van der Waals surface area (Å²) < 4.78 is 13.0. The first-order valence-electron chi connectivity index (χ1n) is 3.86. The van der Waals surface area contributed by atoms with Crippen molar-refractivity contribution in [3.8, 4) is 0 Å². The van der Waals surface area contributed by atoms with Crippen molar-refractivity contribution in [3.05, 3.63) is 29.8 Å². The summed E-state index contributed by atoms with van der Waals surface area (Å²) in [6.07, 6.45) is 0.786. The van der Waals surface area contributed by atoms with E-state index in [1.165, 1.54) is 0 Å². The maximum Gasteiger partial charge on any atom is 0.158 e. The molecule has 0 fully saturated rings. The van der Waals surface area contributed by atoms with Gasteiger partial charge in [-0.1, -0.05) is 6.92 Å². The average molecular weight is 163 g/mol. The number of benzene rings is 1. The lowest BCUT2D eigenvalue weighted by atomic mass is 10.3. The number of halogens is 1. The minimum atomic E-state index is -0.386. The summed E-state index contributed by atoms with van der Waals surface area (Å²) in [5.41, 5.74) is 1.12. The zero-order valence-corrected chi connectivity index (χ0v) is 6.69. The molecule has 1 heterocycles. The molecular weight excluding hydrogens is 155 g/mol. The van der Waals surface area contributed by atoms with E-state index < -0.39 is 0 Å². The molecular formula is C9H8FN2. The van der Waals surface area contributed by atoms with Gasteiger partial charge in [0, 0.05) is 12.5 Å². The Balaban J connectivity index is 2.74. The minimum absolute atomic E-state index is 0.384. The molecule has 0 atom stereocenters. The summed E-state index contributed by atoms with van der Waals surface area (Å²) >= 11 is 0. The zero-order chi connectivity index (χ0) is 8.55. The fourth-order valence-electron chi connectivity index (χ4n) is 1.16. The van der Waals surface area contributed by atoms with Crippen LogP contribution in [0.1, 0.15) is 12.7 Å². The number of aryl methyl sites for hydroxylation is 1. The molecule has 1 N–H and O–H groups in total. The molecule has 2 nitrogen and oxygen atoms in total. The Bertz CT molecular complexity index is 406. The number of nitrogens with one attached hydrogen (secondary N) is 1. The third kappa shape index (κ3) is 0.978. The summed E-state index contributed by atoms with van der Waals surface area (Å²) in [4.78, 5) is 7.08. The minimum Gasteiger partial charge on any atom is -0.342 e. The quantitative estimate of drug-likeness (QED) is 0.684. The second-order valence-corrected chi connectivity index (χ2v) is 2.59. The number of aromatic nitrogens is 2. The molecule has 12 heavy (non-hydrogen) atoms. The van der Waals surface area contributed by atoms with E-state index in [1.54, 1.807) is 12.1 Å². The summed E-state index contributed by atoms with van der Waals surface area (Å²) in [7, 11) is 0. The van der Waals surface area contributed by atoms with Gasteiger partial charge in [0.2, 0.25) is 0 Å². The molecule has 1 aromatic heterocycles. The lowest BCUT2D eigenvalue weighted by Gasteiger charge is -1.86. The van der Waals surface area contributed by atoms with E-state index in [9.17, 15) is 4.39 Å². The standard InChI is InChI=1S/C9H8FN2/c1-2-8-11-7-5-3-4-6(10)9(7)12-8/h3,5H,2H2,1H3,(H,11,12). The van der Waals surface area contributed by atoms with Gasteiger partial charge in [-0.15, -0.1) is 0 Å². The van der Waals surface area contributed by atoms with Crippen molar-refractivity contribution in [2.24, 2.45) is 0 Å². The predicted octanol–water partition coefficient (Wildman–Crippen LogP) is 2.06. The number of aromatic amines is 1. The molecule has 0 unspecified atom stereocenters. The molecule has 0 amide bonds. The normalized spacial score (nSPS) is 10.8. The van der Waals surface area contributed by atoms with Gasteiger partial charge >= 0.3 is 0 Å². The Labute approximate surface area is 69.4 Å². The molecule has 0 aliphatic rings. The second-order valence-electron chi connectivity index (χ2n) is 2.59. The van der Waals surface area contributed by atoms with Gasteiger partial charge in [0.15, 0.2) is 5.82 Å². The number of hydrogen-bond donors (Lipinski definition) is 1. The largest absolute Gasteiger partial charge is 0.342 e. The fraction of sp³-hybridized carbons (Fsp3) is 0.222. The van der Waals surface area contributed by atoms with Crippen molar-refractivity contribution < 1.29 is 4.39 Å². The third-order valence-corrected chi connectivity index (χ3v) is 1.78. The Kier molecular flexibility index (Phi) is 1.57. The lowest BCUT2D eigenvalue weighted by molar-refractivity contribution is 0.635. The molecule has 0 aliphatic carbocycles. The maximum atomic E-state index is 13.0. The first kappa shape index (κ1) is 7.28. The average Bonchev–Trinajstić information content (AvgIpc) is 2.49. The van der Waals surface area contributed by atoms with Crippen LogP contribution in [0.15, 0.2) is 12.1 Å². The highest BCUT2D eigenvalue weighted by Crippen LogP contribution is 2.14. The van der Waals surface area contributed by atoms with Crippen LogP contribution >= 0.6 is 0 Å². The molecule has 2 aromatic rings. The Morgan fingerprint density at radius 2 is 2.50 bits per heavy atom. The van der Waals surface area contributed by atoms with Crippen molar-refractivity contribution in [2.75, 3.05) is 0 Å². The van der Waals surface area contributed by atoms with Crippen molar-refractivity contribution in [3.63, 3.8) is 0 Å². The van der Waals surface area contributed by atoms with Gasteiger partial charge in [0.1, 0.15) is 11.3 Å². The van der Waals surface area contributed by atoms with Gasteiger partial charge < -0.3 is 4.98 Å². The van der Waals surface area contributed by atoms with Crippen molar-refractivity contribution in [1.29, 1.82) is 0 Å². The SMILES string of the molecule is CCc1nc2c(F)[c]ccc2[nH]1. The van der Waals surface area contributed by atoms with Crippen LogP contribution < -0.4 is 0 Å². The smallest absolute Gasteiger partial charge is 0.158 e. The van der Waals surface area contributed by atoms with Crippen LogP contribution in [0.25, 0.3) is 11.0 Å². The molecule has 0 saturated carbocycles. The van der Waals surface area contributed by atoms with E-state index in [2.05, 4.69) is 16.0 Å². The molecule has 1 aromatic carbocycles. The van der Waals surface area contributed by atoms with Crippen molar-refractivity contribution >= 4 is 11.0 Å². The summed E-state index contributed by atoms with van der Waals surface area (Å²) in [5, 5.41) is 0. The Hall–Kier alpha value is -1.38. The number of nitrogens with zero attached hydrogens (tertiary/aromatic N) is 1. The molecule has 0 bridgehead atoms. The predicted molar refractivity (Wildman–Crippen MR) is 44.3 cm³/mol. The highest BCUT2D eigenvalue weighted by molar-refractivity contribution is 5.75. The van der Waals surface area contributed by atoms with Crippen LogP contribution in [0.2, 0.25) is 0 Å². The molecule has 1 radical (unpaired) electrons. The van der Waals surface area contributed by atoms with Crippen LogP contribution in [0.5, 0.6) is 0 Å². The van der Waals surface area contributed by atoms with Crippen LogP contribution in [-0.4, -0.2) is 9.97 Å². The van der Waals surface area contributed by atoms with E-state index in [4.69, 9.17) is 0 Å². The van der Waals surface area contributed by atoms with Gasteiger partial charge in [-0.05, 0) is 12.1 Å². The fourth-order valence-corrected chi connectivity index (χ4v) is 1.16. The van der Waals surface area contributed by atoms with E-state index in [0.29, 0.717) is 5.52 Å². The monoisotopic (exact) mass is 163 g/mol. The topological polar surface area (TPSA) is 28.7 Å². The molecule has 61 valence electrons. The van der Waals surface area contributed by atoms with E-state index in [-0.39, 0.29) is 5.82 Å². The van der Waals surface area contributed by atoms with Crippen molar-refractivity contribution in [2.45, 2.75) is 13.3 Å². The maximum absolute atomic E-state index is 13.0. The lowest BCUT2D eigenvalue weighted by Crippen LogP contribution is -1.80. The number of fused-ring (bicyclic) bond motifs is 1. The summed E-state index contributed by atoms with van der Waals surface area (Å²) in [6, 6.07) is 5.78. The Morgan fingerprint density at radius 1 is 1.67 bits per heavy atom. The van der Waals surface area contributed by atoms with E-state index in [0.717, 1.165) is 17.8 Å². The van der Waals surface area contributed by atoms with Crippen LogP contribution in [-0.2, 0) is 6.42 Å². The first-order valence-corrected chi connectivity index (χ1v) is 3.86.